The molecule has 1 aliphatic heterocycles. The van der Waals surface area contributed by atoms with Gasteiger partial charge in [-0.05, 0) is 55.6 Å². The molecule has 1 aliphatic carbocycles. The van der Waals surface area contributed by atoms with Gasteiger partial charge in [0.25, 0.3) is 0 Å². The highest BCUT2D eigenvalue weighted by atomic mass is 16.5. The lowest BCUT2D eigenvalue weighted by atomic mass is 9.81. The zero-order chi connectivity index (χ0) is 16.6. The van der Waals surface area contributed by atoms with Gasteiger partial charge in [-0.25, -0.2) is 0 Å². The van der Waals surface area contributed by atoms with E-state index in [2.05, 4.69) is 16.4 Å². The fraction of sp³-hybridized carbons (Fsp3) is 0.700. The minimum Gasteiger partial charge on any atom is -0.381 e. The van der Waals surface area contributed by atoms with Crippen molar-refractivity contribution in [3.63, 3.8) is 0 Å². The minimum absolute atomic E-state index is 0.126. The highest BCUT2D eigenvalue weighted by molar-refractivity contribution is 5.76. The second kappa shape index (κ2) is 9.16. The highest BCUT2D eigenvalue weighted by Crippen LogP contribution is 2.34. The van der Waals surface area contributed by atoms with Crippen molar-refractivity contribution >= 4 is 5.91 Å². The molecule has 2 heterocycles. The molecule has 2 aliphatic rings. The topological polar surface area (TPSA) is 51.2 Å². The van der Waals surface area contributed by atoms with Gasteiger partial charge < -0.3 is 10.1 Å². The molecule has 1 saturated heterocycles. The molecule has 4 heteroatoms. The zero-order valence-electron chi connectivity index (χ0n) is 14.6. The Kier molecular flexibility index (Phi) is 6.65. The summed E-state index contributed by atoms with van der Waals surface area (Å²) in [5, 5.41) is 3.33. The number of ether oxygens (including phenoxy) is 1. The molecule has 132 valence electrons. The third-order valence-corrected chi connectivity index (χ3v) is 5.60. The summed E-state index contributed by atoms with van der Waals surface area (Å²) in [5.74, 6) is 1.40. The molecule has 1 atom stereocenters. The Morgan fingerprint density at radius 2 is 2.00 bits per heavy atom. The Morgan fingerprint density at radius 3 is 2.71 bits per heavy atom. The molecule has 0 unspecified atom stereocenters. The standard InChI is InChI=1S/C20H30N2O2/c23-19(9-8-16-10-13-24-14-11-16)22-20(17-5-2-1-3-6-17)18-7-4-12-21-15-18/h4,7,12,15-17,20H,1-3,5-6,8-11,13-14H2,(H,22,23)/t20-/m0/s1. The maximum Gasteiger partial charge on any atom is 0.220 e. The first-order valence-corrected chi connectivity index (χ1v) is 9.60. The number of carbonyl (C=O) groups excluding carboxylic acids is 1. The molecule has 0 bridgehead atoms. The number of nitrogens with one attached hydrogen (secondary N) is 1. The molecule has 24 heavy (non-hydrogen) atoms. The summed E-state index contributed by atoms with van der Waals surface area (Å²) < 4.78 is 5.40. The quantitative estimate of drug-likeness (QED) is 0.857. The third-order valence-electron chi connectivity index (χ3n) is 5.60. The van der Waals surface area contributed by atoms with Crippen molar-refractivity contribution in [1.82, 2.24) is 10.3 Å². The van der Waals surface area contributed by atoms with Crippen LogP contribution in [0.15, 0.2) is 24.5 Å². The lowest BCUT2D eigenvalue weighted by Gasteiger charge is -2.31. The Bertz CT molecular complexity index is 494. The van der Waals surface area contributed by atoms with E-state index in [0.29, 0.717) is 18.3 Å². The normalized spacial score (nSPS) is 21.3. The first-order valence-electron chi connectivity index (χ1n) is 9.60. The maximum atomic E-state index is 12.5. The number of nitrogens with zero attached hydrogens (tertiary/aromatic N) is 1. The Balaban J connectivity index is 1.57. The van der Waals surface area contributed by atoms with E-state index in [9.17, 15) is 4.79 Å². The van der Waals surface area contributed by atoms with E-state index in [0.717, 1.165) is 38.0 Å². The van der Waals surface area contributed by atoms with E-state index >= 15 is 0 Å². The minimum atomic E-state index is 0.126. The highest BCUT2D eigenvalue weighted by Gasteiger charge is 2.27. The van der Waals surface area contributed by atoms with Crippen LogP contribution in [0.1, 0.15) is 69.4 Å². The van der Waals surface area contributed by atoms with Crippen LogP contribution < -0.4 is 5.32 Å². The van der Waals surface area contributed by atoms with Crippen molar-refractivity contribution in [2.75, 3.05) is 13.2 Å². The van der Waals surface area contributed by atoms with Crippen molar-refractivity contribution in [2.45, 2.75) is 63.8 Å². The Labute approximate surface area is 145 Å². The van der Waals surface area contributed by atoms with E-state index in [1.165, 1.54) is 32.1 Å². The number of pyridine rings is 1. The molecule has 3 rings (SSSR count). The molecule has 1 aromatic heterocycles. The molecule has 0 radical (unpaired) electrons. The van der Waals surface area contributed by atoms with Gasteiger partial charge in [0, 0.05) is 32.0 Å². The summed E-state index contributed by atoms with van der Waals surface area (Å²) in [6.45, 7) is 1.71. The fourth-order valence-corrected chi connectivity index (χ4v) is 4.12. The average molecular weight is 330 g/mol. The lowest BCUT2D eigenvalue weighted by Crippen LogP contribution is -2.34. The molecule has 4 nitrogen and oxygen atoms in total. The number of hydrogen-bond donors (Lipinski definition) is 1. The van der Waals surface area contributed by atoms with Crippen molar-refractivity contribution < 1.29 is 9.53 Å². The van der Waals surface area contributed by atoms with Gasteiger partial charge in [0.2, 0.25) is 5.91 Å². The van der Waals surface area contributed by atoms with E-state index in [-0.39, 0.29) is 11.9 Å². The second-order valence-corrected chi connectivity index (χ2v) is 7.32. The summed E-state index contributed by atoms with van der Waals surface area (Å²) in [5.41, 5.74) is 1.16. The Morgan fingerprint density at radius 1 is 1.21 bits per heavy atom. The first kappa shape index (κ1) is 17.4. The number of aromatic nitrogens is 1. The number of rotatable bonds is 6. The fourth-order valence-electron chi connectivity index (χ4n) is 4.12. The van der Waals surface area contributed by atoms with Gasteiger partial charge in [-0.2, -0.15) is 0 Å². The van der Waals surface area contributed by atoms with Crippen LogP contribution in [0.3, 0.4) is 0 Å². The molecular formula is C20H30N2O2. The van der Waals surface area contributed by atoms with Crippen LogP contribution in [-0.2, 0) is 9.53 Å². The summed E-state index contributed by atoms with van der Waals surface area (Å²) in [6.07, 6.45) is 13.8. The van der Waals surface area contributed by atoms with Crippen molar-refractivity contribution in [3.8, 4) is 0 Å². The van der Waals surface area contributed by atoms with Gasteiger partial charge in [-0.3, -0.25) is 9.78 Å². The number of carbonyl (C=O) groups is 1. The van der Waals surface area contributed by atoms with Gasteiger partial charge in [0.15, 0.2) is 0 Å². The molecule has 1 amide bonds. The van der Waals surface area contributed by atoms with Gasteiger partial charge in [0.05, 0.1) is 6.04 Å². The summed E-state index contributed by atoms with van der Waals surface area (Å²) in [6, 6.07) is 4.20. The second-order valence-electron chi connectivity index (χ2n) is 7.32. The zero-order valence-corrected chi connectivity index (χ0v) is 14.6. The van der Waals surface area contributed by atoms with Gasteiger partial charge in [0.1, 0.15) is 0 Å². The SMILES string of the molecule is O=C(CCC1CCOCC1)N[C@H](c1cccnc1)C1CCCCC1. The predicted molar refractivity (Wildman–Crippen MR) is 94.5 cm³/mol. The van der Waals surface area contributed by atoms with E-state index in [1.807, 2.05) is 12.3 Å². The maximum absolute atomic E-state index is 12.5. The Hall–Kier alpha value is -1.42. The number of amides is 1. The lowest BCUT2D eigenvalue weighted by molar-refractivity contribution is -0.122. The molecule has 1 saturated carbocycles. The smallest absolute Gasteiger partial charge is 0.220 e. The summed E-state index contributed by atoms with van der Waals surface area (Å²) in [4.78, 5) is 16.8. The van der Waals surface area contributed by atoms with Crippen LogP contribution in [0.2, 0.25) is 0 Å². The molecular weight excluding hydrogens is 300 g/mol. The monoisotopic (exact) mass is 330 g/mol. The van der Waals surface area contributed by atoms with Gasteiger partial charge >= 0.3 is 0 Å². The van der Waals surface area contributed by atoms with Gasteiger partial charge in [-0.15, -0.1) is 0 Å². The van der Waals surface area contributed by atoms with Crippen LogP contribution in [0.4, 0.5) is 0 Å². The summed E-state index contributed by atoms with van der Waals surface area (Å²) >= 11 is 0. The van der Waals surface area contributed by atoms with E-state index < -0.39 is 0 Å². The molecule has 2 fully saturated rings. The predicted octanol–water partition coefficient (Wildman–Crippen LogP) is 4.03. The summed E-state index contributed by atoms with van der Waals surface area (Å²) in [7, 11) is 0. The van der Waals surface area contributed by atoms with Crippen molar-refractivity contribution in [1.29, 1.82) is 0 Å². The van der Waals surface area contributed by atoms with E-state index in [1.54, 1.807) is 6.20 Å². The molecule has 0 spiro atoms. The molecule has 0 aromatic carbocycles. The third kappa shape index (κ3) is 5.04. The molecule has 1 aromatic rings. The van der Waals surface area contributed by atoms with Crippen molar-refractivity contribution in [3.05, 3.63) is 30.1 Å². The van der Waals surface area contributed by atoms with Crippen LogP contribution in [0, 0.1) is 11.8 Å². The van der Waals surface area contributed by atoms with Crippen LogP contribution >= 0.6 is 0 Å². The van der Waals surface area contributed by atoms with E-state index in [4.69, 9.17) is 4.74 Å². The first-order chi connectivity index (χ1) is 11.8. The van der Waals surface area contributed by atoms with Crippen LogP contribution in [0.5, 0.6) is 0 Å². The van der Waals surface area contributed by atoms with Crippen molar-refractivity contribution in [2.24, 2.45) is 11.8 Å². The van der Waals surface area contributed by atoms with Gasteiger partial charge in [-0.1, -0.05) is 25.3 Å². The molecule has 1 N–H and O–H groups in total. The van der Waals surface area contributed by atoms with Crippen LogP contribution in [-0.4, -0.2) is 24.1 Å². The average Bonchev–Trinajstić information content (AvgIpc) is 2.67. The van der Waals surface area contributed by atoms with Crippen LogP contribution in [0.25, 0.3) is 0 Å². The number of hydrogen-bond acceptors (Lipinski definition) is 3. The largest absolute Gasteiger partial charge is 0.381 e.